The molecule has 0 saturated heterocycles. The zero-order valence-electron chi connectivity index (χ0n) is 21.0. The summed E-state index contributed by atoms with van der Waals surface area (Å²) in [6.07, 6.45) is 0.922. The maximum absolute atomic E-state index is 13.1. The molecule has 0 aliphatic carbocycles. The van der Waals surface area contributed by atoms with Gasteiger partial charge >= 0.3 is 0 Å². The normalized spacial score (nSPS) is 13.0. The van der Waals surface area contributed by atoms with Crippen molar-refractivity contribution in [1.82, 2.24) is 0 Å². The van der Waals surface area contributed by atoms with Gasteiger partial charge in [-0.25, -0.2) is 4.90 Å². The van der Waals surface area contributed by atoms with Gasteiger partial charge in [-0.2, -0.15) is 0 Å². The summed E-state index contributed by atoms with van der Waals surface area (Å²) in [5.74, 6) is -0.251. The lowest BCUT2D eigenvalue weighted by Crippen LogP contribution is -2.32. The summed E-state index contributed by atoms with van der Waals surface area (Å²) in [6.45, 7) is 2.07. The van der Waals surface area contributed by atoms with Gasteiger partial charge in [-0.3, -0.25) is 14.4 Å². The number of hydrogen-bond donors (Lipinski definition) is 2. The van der Waals surface area contributed by atoms with Gasteiger partial charge in [0.1, 0.15) is 22.2 Å². The highest BCUT2D eigenvalue weighted by molar-refractivity contribution is 6.53. The van der Waals surface area contributed by atoms with Crippen LogP contribution in [-0.4, -0.2) is 17.7 Å². The summed E-state index contributed by atoms with van der Waals surface area (Å²) in [4.78, 5) is 39.6. The summed E-state index contributed by atoms with van der Waals surface area (Å²) < 4.78 is 5.77. The van der Waals surface area contributed by atoms with Crippen LogP contribution in [0.1, 0.15) is 22.8 Å². The minimum absolute atomic E-state index is 0.0421. The van der Waals surface area contributed by atoms with Crippen LogP contribution >= 0.6 is 11.6 Å². The molecule has 0 unspecified atom stereocenters. The van der Waals surface area contributed by atoms with E-state index >= 15 is 0 Å². The highest BCUT2D eigenvalue weighted by Gasteiger charge is 2.39. The maximum atomic E-state index is 13.1. The summed E-state index contributed by atoms with van der Waals surface area (Å²) in [5, 5.41) is 5.56. The SMILES string of the molecule is CCc1ccc(NC(=O)c2ccc(NC3=C(Cl)C(=O)N(c4ccc(Oc5ccccc5)cc4)C3=O)cc2)cc1. The van der Waals surface area contributed by atoms with E-state index in [1.165, 1.54) is 5.56 Å². The number of imide groups is 1. The van der Waals surface area contributed by atoms with Gasteiger partial charge in [0.05, 0.1) is 5.69 Å². The number of anilines is 3. The van der Waals surface area contributed by atoms with Crippen LogP contribution in [0.15, 0.2) is 114 Å². The first kappa shape index (κ1) is 25.8. The number of amides is 3. The second-order valence-corrected chi connectivity index (χ2v) is 9.13. The van der Waals surface area contributed by atoms with E-state index in [9.17, 15) is 14.4 Å². The number of para-hydroxylation sites is 1. The zero-order valence-corrected chi connectivity index (χ0v) is 21.7. The Hall–Kier alpha value is -4.88. The van der Waals surface area contributed by atoms with Gasteiger partial charge in [0.15, 0.2) is 0 Å². The van der Waals surface area contributed by atoms with Crippen LogP contribution in [0.2, 0.25) is 0 Å². The highest BCUT2D eigenvalue weighted by atomic mass is 35.5. The van der Waals surface area contributed by atoms with E-state index in [-0.39, 0.29) is 16.6 Å². The summed E-state index contributed by atoms with van der Waals surface area (Å²) in [7, 11) is 0. The second-order valence-electron chi connectivity index (χ2n) is 8.75. The number of nitrogens with one attached hydrogen (secondary N) is 2. The number of carbonyl (C=O) groups excluding carboxylic acids is 3. The number of nitrogens with zero attached hydrogens (tertiary/aromatic N) is 1. The molecule has 39 heavy (non-hydrogen) atoms. The van der Waals surface area contributed by atoms with Crippen LogP contribution in [0.3, 0.4) is 0 Å². The monoisotopic (exact) mass is 537 g/mol. The minimum Gasteiger partial charge on any atom is -0.457 e. The molecule has 5 rings (SSSR count). The van der Waals surface area contributed by atoms with E-state index in [0.29, 0.717) is 34.1 Å². The average molecular weight is 538 g/mol. The molecule has 0 spiro atoms. The molecule has 0 radical (unpaired) electrons. The van der Waals surface area contributed by atoms with E-state index < -0.39 is 11.8 Å². The molecule has 4 aromatic rings. The number of ether oxygens (including phenoxy) is 1. The molecular weight excluding hydrogens is 514 g/mol. The van der Waals surface area contributed by atoms with E-state index in [4.69, 9.17) is 16.3 Å². The Bertz CT molecular complexity index is 1550. The fourth-order valence-corrected chi connectivity index (χ4v) is 4.22. The molecule has 1 heterocycles. The van der Waals surface area contributed by atoms with Crippen LogP contribution < -0.4 is 20.3 Å². The van der Waals surface area contributed by atoms with E-state index in [2.05, 4.69) is 17.6 Å². The van der Waals surface area contributed by atoms with Gasteiger partial charge < -0.3 is 15.4 Å². The zero-order chi connectivity index (χ0) is 27.4. The molecule has 7 nitrogen and oxygen atoms in total. The van der Waals surface area contributed by atoms with Crippen LogP contribution in [-0.2, 0) is 16.0 Å². The molecule has 1 aliphatic rings. The first-order chi connectivity index (χ1) is 18.9. The Kier molecular flexibility index (Phi) is 7.43. The maximum Gasteiger partial charge on any atom is 0.283 e. The van der Waals surface area contributed by atoms with Crippen molar-refractivity contribution >= 4 is 46.4 Å². The molecule has 194 valence electrons. The lowest BCUT2D eigenvalue weighted by molar-refractivity contribution is -0.120. The number of halogens is 1. The van der Waals surface area contributed by atoms with Gasteiger partial charge in [0, 0.05) is 16.9 Å². The van der Waals surface area contributed by atoms with Crippen molar-refractivity contribution in [2.75, 3.05) is 15.5 Å². The van der Waals surface area contributed by atoms with Crippen molar-refractivity contribution in [2.24, 2.45) is 0 Å². The smallest absolute Gasteiger partial charge is 0.283 e. The van der Waals surface area contributed by atoms with Crippen molar-refractivity contribution in [3.63, 3.8) is 0 Å². The Balaban J connectivity index is 1.24. The summed E-state index contributed by atoms with van der Waals surface area (Å²) >= 11 is 6.27. The highest BCUT2D eigenvalue weighted by Crippen LogP contribution is 2.32. The fraction of sp³-hybridized carbons (Fsp3) is 0.0645. The Labute approximate surface area is 230 Å². The predicted molar refractivity (Wildman–Crippen MR) is 152 cm³/mol. The molecular formula is C31H24ClN3O4. The lowest BCUT2D eigenvalue weighted by Gasteiger charge is -2.16. The third-order valence-electron chi connectivity index (χ3n) is 6.14. The molecule has 0 aromatic heterocycles. The number of aryl methyl sites for hydroxylation is 1. The molecule has 0 fully saturated rings. The van der Waals surface area contributed by atoms with Crippen LogP contribution in [0.4, 0.5) is 17.1 Å². The number of hydrogen-bond acceptors (Lipinski definition) is 5. The van der Waals surface area contributed by atoms with E-state index in [0.717, 1.165) is 11.3 Å². The third kappa shape index (κ3) is 5.68. The third-order valence-corrected chi connectivity index (χ3v) is 6.49. The molecule has 0 bridgehead atoms. The van der Waals surface area contributed by atoms with Crippen LogP contribution in [0, 0.1) is 0 Å². The first-order valence-corrected chi connectivity index (χ1v) is 12.7. The Morgan fingerprint density at radius 1 is 0.769 bits per heavy atom. The van der Waals surface area contributed by atoms with E-state index in [1.807, 2.05) is 54.6 Å². The largest absolute Gasteiger partial charge is 0.457 e. The summed E-state index contributed by atoms with van der Waals surface area (Å²) in [5.41, 5.74) is 3.14. The van der Waals surface area contributed by atoms with Crippen molar-refractivity contribution < 1.29 is 19.1 Å². The average Bonchev–Trinajstić information content (AvgIpc) is 3.17. The summed E-state index contributed by atoms with van der Waals surface area (Å²) in [6, 6.07) is 30.0. The molecule has 0 atom stereocenters. The van der Waals surface area contributed by atoms with Crippen LogP contribution in [0.25, 0.3) is 0 Å². The minimum atomic E-state index is -0.633. The lowest BCUT2D eigenvalue weighted by atomic mass is 10.1. The van der Waals surface area contributed by atoms with Gasteiger partial charge in [-0.15, -0.1) is 0 Å². The topological polar surface area (TPSA) is 87.7 Å². The molecule has 1 aliphatic heterocycles. The van der Waals surface area contributed by atoms with Crippen molar-refractivity contribution in [3.05, 3.63) is 125 Å². The number of benzene rings is 4. The molecule has 8 heteroatoms. The van der Waals surface area contributed by atoms with Gasteiger partial charge in [-0.1, -0.05) is 48.9 Å². The second kappa shape index (κ2) is 11.2. The molecule has 0 saturated carbocycles. The number of rotatable bonds is 8. The van der Waals surface area contributed by atoms with Gasteiger partial charge in [0.2, 0.25) is 0 Å². The standard InChI is InChI=1S/C31H24ClN3O4/c1-2-20-8-12-23(13-9-20)34-29(36)21-10-14-22(15-11-21)33-28-27(32)30(37)35(31(28)38)24-16-18-26(19-17-24)39-25-6-4-3-5-7-25/h3-19,33H,2H2,1H3,(H,34,36). The fourth-order valence-electron chi connectivity index (χ4n) is 4.01. The van der Waals surface area contributed by atoms with Crippen molar-refractivity contribution in [1.29, 1.82) is 0 Å². The van der Waals surface area contributed by atoms with Gasteiger partial charge in [0.25, 0.3) is 17.7 Å². The predicted octanol–water partition coefficient (Wildman–Crippen LogP) is 6.73. The Morgan fingerprint density at radius 3 is 2.03 bits per heavy atom. The molecule has 4 aromatic carbocycles. The van der Waals surface area contributed by atoms with Crippen molar-refractivity contribution in [2.45, 2.75) is 13.3 Å². The van der Waals surface area contributed by atoms with Gasteiger partial charge in [-0.05, 0) is 84.8 Å². The first-order valence-electron chi connectivity index (χ1n) is 12.3. The van der Waals surface area contributed by atoms with E-state index in [1.54, 1.807) is 48.5 Å². The Morgan fingerprint density at radius 2 is 1.38 bits per heavy atom. The van der Waals surface area contributed by atoms with Crippen LogP contribution in [0.5, 0.6) is 11.5 Å². The van der Waals surface area contributed by atoms with Crippen molar-refractivity contribution in [3.8, 4) is 11.5 Å². The number of carbonyl (C=O) groups is 3. The molecule has 3 amide bonds. The quantitative estimate of drug-likeness (QED) is 0.243. The molecule has 2 N–H and O–H groups in total.